The molecule has 0 aliphatic heterocycles. The fourth-order valence-corrected chi connectivity index (χ4v) is 3.56. The van der Waals surface area contributed by atoms with Crippen LogP contribution in [0.5, 0.6) is 0 Å². The third kappa shape index (κ3) is 3.72. The number of aliphatic carboxylic acids is 1. The summed E-state index contributed by atoms with van der Waals surface area (Å²) in [6.45, 7) is 6.58. The first-order valence-electron chi connectivity index (χ1n) is 7.27. The molecule has 1 saturated carbocycles. The summed E-state index contributed by atoms with van der Waals surface area (Å²) in [5.41, 5.74) is -0.409. The predicted molar refractivity (Wildman–Crippen MR) is 71.0 cm³/mol. The number of hydrogen-bond donors (Lipinski definition) is 1. The molecule has 1 aliphatic rings. The van der Waals surface area contributed by atoms with E-state index in [9.17, 15) is 9.90 Å². The first kappa shape index (κ1) is 14.5. The average molecular weight is 240 g/mol. The highest BCUT2D eigenvalue weighted by atomic mass is 16.4. The SMILES string of the molecule is CCCC(C)CC1(C(=O)O)CCCC(CC)C1. The topological polar surface area (TPSA) is 37.3 Å². The number of rotatable bonds is 6. The van der Waals surface area contributed by atoms with Crippen LogP contribution in [-0.4, -0.2) is 11.1 Å². The fraction of sp³-hybridized carbons (Fsp3) is 0.933. The molecule has 0 aromatic rings. The summed E-state index contributed by atoms with van der Waals surface area (Å²) in [7, 11) is 0. The Bertz CT molecular complexity index is 249. The molecule has 1 fully saturated rings. The highest BCUT2D eigenvalue weighted by Gasteiger charge is 2.42. The van der Waals surface area contributed by atoms with Crippen molar-refractivity contribution in [1.29, 1.82) is 0 Å². The molecule has 100 valence electrons. The normalized spacial score (nSPS) is 31.1. The molecule has 0 amide bonds. The second-order valence-corrected chi connectivity index (χ2v) is 6.05. The maximum Gasteiger partial charge on any atom is 0.309 e. The molecule has 1 aliphatic carbocycles. The maximum absolute atomic E-state index is 11.7. The van der Waals surface area contributed by atoms with E-state index >= 15 is 0 Å². The molecule has 0 heterocycles. The van der Waals surface area contributed by atoms with Crippen LogP contribution in [0.25, 0.3) is 0 Å². The molecular formula is C15H28O2. The van der Waals surface area contributed by atoms with Crippen LogP contribution in [0.1, 0.15) is 72.1 Å². The standard InChI is InChI=1S/C15H28O2/c1-4-7-12(3)10-15(14(16)17)9-6-8-13(5-2)11-15/h12-13H,4-11H2,1-3H3,(H,16,17). The van der Waals surface area contributed by atoms with E-state index in [1.165, 1.54) is 6.42 Å². The number of hydrogen-bond acceptors (Lipinski definition) is 1. The van der Waals surface area contributed by atoms with Gasteiger partial charge in [-0.1, -0.05) is 52.9 Å². The first-order valence-corrected chi connectivity index (χ1v) is 7.27. The van der Waals surface area contributed by atoms with Gasteiger partial charge >= 0.3 is 5.97 Å². The molecular weight excluding hydrogens is 212 g/mol. The monoisotopic (exact) mass is 240 g/mol. The lowest BCUT2D eigenvalue weighted by Crippen LogP contribution is -2.37. The van der Waals surface area contributed by atoms with Crippen LogP contribution < -0.4 is 0 Å². The lowest BCUT2D eigenvalue weighted by atomic mass is 9.65. The van der Waals surface area contributed by atoms with Gasteiger partial charge in [0.1, 0.15) is 0 Å². The summed E-state index contributed by atoms with van der Waals surface area (Å²) in [5, 5.41) is 9.62. The van der Waals surface area contributed by atoms with Gasteiger partial charge in [-0.15, -0.1) is 0 Å². The van der Waals surface area contributed by atoms with Gasteiger partial charge in [0, 0.05) is 0 Å². The van der Waals surface area contributed by atoms with E-state index in [1.54, 1.807) is 0 Å². The molecule has 0 bridgehead atoms. The Kier molecular flexibility index (Phi) is 5.48. The van der Waals surface area contributed by atoms with Gasteiger partial charge < -0.3 is 5.11 Å². The highest BCUT2D eigenvalue weighted by molar-refractivity contribution is 5.74. The van der Waals surface area contributed by atoms with Gasteiger partial charge in [0.25, 0.3) is 0 Å². The first-order chi connectivity index (χ1) is 8.04. The summed E-state index contributed by atoms with van der Waals surface area (Å²) in [5.74, 6) is 0.638. The van der Waals surface area contributed by atoms with Crippen molar-refractivity contribution in [3.05, 3.63) is 0 Å². The van der Waals surface area contributed by atoms with Crippen molar-refractivity contribution >= 4 is 5.97 Å². The van der Waals surface area contributed by atoms with E-state index in [2.05, 4.69) is 20.8 Å². The lowest BCUT2D eigenvalue weighted by Gasteiger charge is -2.39. The van der Waals surface area contributed by atoms with Crippen LogP contribution in [0, 0.1) is 17.3 Å². The van der Waals surface area contributed by atoms with Gasteiger partial charge in [-0.05, 0) is 31.1 Å². The van der Waals surface area contributed by atoms with Crippen LogP contribution in [-0.2, 0) is 4.79 Å². The largest absolute Gasteiger partial charge is 0.481 e. The summed E-state index contributed by atoms with van der Waals surface area (Å²) >= 11 is 0. The lowest BCUT2D eigenvalue weighted by molar-refractivity contribution is -0.153. The molecule has 0 spiro atoms. The van der Waals surface area contributed by atoms with Gasteiger partial charge in [0.05, 0.1) is 5.41 Å². The predicted octanol–water partition coefficient (Wildman–Crippen LogP) is 4.48. The van der Waals surface area contributed by atoms with Crippen molar-refractivity contribution < 1.29 is 9.90 Å². The minimum Gasteiger partial charge on any atom is -0.481 e. The maximum atomic E-state index is 11.7. The quantitative estimate of drug-likeness (QED) is 0.743. The van der Waals surface area contributed by atoms with E-state index in [4.69, 9.17) is 0 Å². The number of carbonyl (C=O) groups is 1. The third-order valence-corrected chi connectivity index (χ3v) is 4.50. The van der Waals surface area contributed by atoms with Crippen molar-refractivity contribution in [3.8, 4) is 0 Å². The fourth-order valence-electron chi connectivity index (χ4n) is 3.56. The second kappa shape index (κ2) is 6.42. The van der Waals surface area contributed by atoms with Crippen molar-refractivity contribution in [2.24, 2.45) is 17.3 Å². The Morgan fingerprint density at radius 3 is 2.71 bits per heavy atom. The summed E-state index contributed by atoms with van der Waals surface area (Å²) in [6.07, 6.45) is 8.47. The van der Waals surface area contributed by atoms with E-state index in [0.29, 0.717) is 11.8 Å². The molecule has 0 radical (unpaired) electrons. The molecule has 1 rings (SSSR count). The Hall–Kier alpha value is -0.530. The Morgan fingerprint density at radius 2 is 2.18 bits per heavy atom. The minimum absolute atomic E-state index is 0.409. The van der Waals surface area contributed by atoms with E-state index < -0.39 is 11.4 Å². The van der Waals surface area contributed by atoms with Crippen LogP contribution in [0.2, 0.25) is 0 Å². The van der Waals surface area contributed by atoms with E-state index in [0.717, 1.165) is 44.9 Å². The molecule has 2 heteroatoms. The Labute approximate surface area is 106 Å². The smallest absolute Gasteiger partial charge is 0.309 e. The zero-order valence-electron chi connectivity index (χ0n) is 11.7. The zero-order valence-corrected chi connectivity index (χ0v) is 11.7. The van der Waals surface area contributed by atoms with Crippen LogP contribution >= 0.6 is 0 Å². The van der Waals surface area contributed by atoms with E-state index in [1.807, 2.05) is 0 Å². The van der Waals surface area contributed by atoms with Crippen LogP contribution in [0.4, 0.5) is 0 Å². The van der Waals surface area contributed by atoms with Gasteiger partial charge in [0.15, 0.2) is 0 Å². The van der Waals surface area contributed by atoms with Crippen molar-refractivity contribution in [2.75, 3.05) is 0 Å². The van der Waals surface area contributed by atoms with Crippen LogP contribution in [0.3, 0.4) is 0 Å². The summed E-state index contributed by atoms with van der Waals surface area (Å²) in [4.78, 5) is 11.7. The number of carboxylic acids is 1. The molecule has 3 atom stereocenters. The third-order valence-electron chi connectivity index (χ3n) is 4.50. The van der Waals surface area contributed by atoms with Gasteiger partial charge in [-0.3, -0.25) is 4.79 Å². The average Bonchev–Trinajstić information content (AvgIpc) is 2.29. The second-order valence-electron chi connectivity index (χ2n) is 6.05. The highest BCUT2D eigenvalue weighted by Crippen LogP contribution is 2.45. The van der Waals surface area contributed by atoms with Gasteiger partial charge in [-0.2, -0.15) is 0 Å². The van der Waals surface area contributed by atoms with Crippen LogP contribution in [0.15, 0.2) is 0 Å². The Morgan fingerprint density at radius 1 is 1.47 bits per heavy atom. The summed E-state index contributed by atoms with van der Waals surface area (Å²) in [6, 6.07) is 0. The number of carboxylic acid groups (broad SMARTS) is 1. The summed E-state index contributed by atoms with van der Waals surface area (Å²) < 4.78 is 0. The van der Waals surface area contributed by atoms with Gasteiger partial charge in [-0.25, -0.2) is 0 Å². The molecule has 3 unspecified atom stereocenters. The molecule has 0 aromatic heterocycles. The molecule has 0 saturated heterocycles. The van der Waals surface area contributed by atoms with Crippen molar-refractivity contribution in [1.82, 2.24) is 0 Å². The van der Waals surface area contributed by atoms with Gasteiger partial charge in [0.2, 0.25) is 0 Å². The molecule has 1 N–H and O–H groups in total. The minimum atomic E-state index is -0.543. The molecule has 17 heavy (non-hydrogen) atoms. The zero-order chi connectivity index (χ0) is 12.9. The molecule has 0 aromatic carbocycles. The van der Waals surface area contributed by atoms with Crippen molar-refractivity contribution in [2.45, 2.75) is 72.1 Å². The molecule has 2 nitrogen and oxygen atoms in total. The van der Waals surface area contributed by atoms with E-state index in [-0.39, 0.29) is 0 Å². The van der Waals surface area contributed by atoms with Crippen molar-refractivity contribution in [3.63, 3.8) is 0 Å². The Balaban J connectivity index is 2.71.